The number of aryl methyl sites for hydroxylation is 1. The van der Waals surface area contributed by atoms with E-state index in [9.17, 15) is 5.11 Å². The molecule has 0 aromatic heterocycles. The quantitative estimate of drug-likeness (QED) is 0.823. The van der Waals surface area contributed by atoms with E-state index in [1.807, 2.05) is 25.1 Å². The lowest BCUT2D eigenvalue weighted by Crippen LogP contribution is -1.93. The minimum absolute atomic E-state index is 0.411. The number of benzene rings is 2. The summed E-state index contributed by atoms with van der Waals surface area (Å²) in [7, 11) is 0. The van der Waals surface area contributed by atoms with Gasteiger partial charge in [-0.2, -0.15) is 0 Å². The van der Waals surface area contributed by atoms with E-state index in [2.05, 4.69) is 37.3 Å². The summed E-state index contributed by atoms with van der Waals surface area (Å²) in [6.07, 6.45) is -0.411. The van der Waals surface area contributed by atoms with Crippen LogP contribution in [0.4, 0.5) is 0 Å². The van der Waals surface area contributed by atoms with Crippen LogP contribution < -0.4 is 0 Å². The average Bonchev–Trinajstić information content (AvgIpc) is 2.37. The van der Waals surface area contributed by atoms with Gasteiger partial charge in [0.15, 0.2) is 0 Å². The third-order valence-corrected chi connectivity index (χ3v) is 4.01. The molecule has 0 amide bonds. The maximum Gasteiger partial charge on any atom is 0.0772 e. The molecule has 0 radical (unpaired) electrons. The predicted molar refractivity (Wildman–Crippen MR) is 77.8 cm³/mol. The molecule has 2 heteroatoms. The summed E-state index contributed by atoms with van der Waals surface area (Å²) in [5.74, 6) is 0.936. The van der Waals surface area contributed by atoms with E-state index in [1.165, 1.54) is 11.1 Å². The second-order valence-electron chi connectivity index (χ2n) is 4.49. The molecule has 94 valence electrons. The molecule has 0 heterocycles. The van der Waals surface area contributed by atoms with Crippen molar-refractivity contribution in [3.05, 3.63) is 65.2 Å². The van der Waals surface area contributed by atoms with Crippen LogP contribution in [0.2, 0.25) is 0 Å². The van der Waals surface area contributed by atoms with Crippen molar-refractivity contribution in [3.8, 4) is 0 Å². The molecule has 1 unspecified atom stereocenters. The Bertz CT molecular complexity index is 520. The number of aliphatic hydroxyl groups is 1. The molecule has 0 aliphatic carbocycles. The summed E-state index contributed by atoms with van der Waals surface area (Å²) in [6.45, 7) is 3.92. The lowest BCUT2D eigenvalue weighted by Gasteiger charge is -2.11. The van der Waals surface area contributed by atoms with E-state index in [1.54, 1.807) is 11.8 Å². The van der Waals surface area contributed by atoms with E-state index < -0.39 is 6.10 Å². The van der Waals surface area contributed by atoms with Crippen LogP contribution in [0.1, 0.15) is 29.7 Å². The Morgan fingerprint density at radius 1 is 1.11 bits per heavy atom. The molecule has 18 heavy (non-hydrogen) atoms. The second kappa shape index (κ2) is 6.07. The molecule has 2 rings (SSSR count). The van der Waals surface area contributed by atoms with Gasteiger partial charge in [0.2, 0.25) is 0 Å². The van der Waals surface area contributed by atoms with Crippen LogP contribution >= 0.6 is 11.8 Å². The summed E-state index contributed by atoms with van der Waals surface area (Å²) >= 11 is 1.78. The molecule has 0 aliphatic heterocycles. The molecule has 0 fully saturated rings. The Labute approximate surface area is 113 Å². The van der Waals surface area contributed by atoms with Gasteiger partial charge in [-0.1, -0.05) is 48.0 Å². The van der Waals surface area contributed by atoms with Crippen molar-refractivity contribution in [2.24, 2.45) is 0 Å². The summed E-state index contributed by atoms with van der Waals surface area (Å²) in [6, 6.07) is 16.6. The Hall–Kier alpha value is -1.25. The highest BCUT2D eigenvalue weighted by Crippen LogP contribution is 2.29. The highest BCUT2D eigenvalue weighted by molar-refractivity contribution is 7.98. The fraction of sp³-hybridized carbons (Fsp3) is 0.250. The molecule has 0 bridgehead atoms. The van der Waals surface area contributed by atoms with Crippen molar-refractivity contribution < 1.29 is 5.11 Å². The zero-order chi connectivity index (χ0) is 13.0. The predicted octanol–water partition coefficient (Wildman–Crippen LogP) is 4.34. The first-order valence-corrected chi connectivity index (χ1v) is 7.10. The van der Waals surface area contributed by atoms with Crippen LogP contribution in [0.15, 0.2) is 53.4 Å². The standard InChI is InChI=1S/C16H18OS/c1-12-6-5-7-14(10-12)11-18-16-9-4-3-8-15(16)13(2)17/h3-10,13,17H,11H2,1-2H3. The minimum atomic E-state index is -0.411. The molecular weight excluding hydrogens is 240 g/mol. The summed E-state index contributed by atoms with van der Waals surface area (Å²) < 4.78 is 0. The molecule has 2 aromatic rings. The number of aliphatic hydroxyl groups excluding tert-OH is 1. The summed E-state index contributed by atoms with van der Waals surface area (Å²) in [5.41, 5.74) is 3.62. The van der Waals surface area contributed by atoms with Gasteiger partial charge >= 0.3 is 0 Å². The highest BCUT2D eigenvalue weighted by Gasteiger charge is 2.07. The molecule has 0 aliphatic rings. The van der Waals surface area contributed by atoms with E-state index in [-0.39, 0.29) is 0 Å². The lowest BCUT2D eigenvalue weighted by molar-refractivity contribution is 0.196. The number of hydrogen-bond donors (Lipinski definition) is 1. The third-order valence-electron chi connectivity index (χ3n) is 2.85. The van der Waals surface area contributed by atoms with Gasteiger partial charge in [0.05, 0.1) is 6.10 Å². The van der Waals surface area contributed by atoms with Crippen LogP contribution in [0.3, 0.4) is 0 Å². The summed E-state index contributed by atoms with van der Waals surface area (Å²) in [5, 5.41) is 9.73. The Balaban J connectivity index is 2.11. The van der Waals surface area contributed by atoms with Crippen LogP contribution in [-0.4, -0.2) is 5.11 Å². The lowest BCUT2D eigenvalue weighted by atomic mass is 10.1. The van der Waals surface area contributed by atoms with Crippen molar-refractivity contribution in [2.75, 3.05) is 0 Å². The molecule has 1 atom stereocenters. The number of hydrogen-bond acceptors (Lipinski definition) is 2. The molecule has 2 aromatic carbocycles. The van der Waals surface area contributed by atoms with Crippen molar-refractivity contribution in [3.63, 3.8) is 0 Å². The fourth-order valence-corrected chi connectivity index (χ4v) is 3.00. The van der Waals surface area contributed by atoms with Gasteiger partial charge in [-0.3, -0.25) is 0 Å². The molecule has 0 spiro atoms. The topological polar surface area (TPSA) is 20.2 Å². The van der Waals surface area contributed by atoms with Gasteiger partial charge < -0.3 is 5.11 Å². The number of rotatable bonds is 4. The van der Waals surface area contributed by atoms with Gasteiger partial charge in [0.25, 0.3) is 0 Å². The van der Waals surface area contributed by atoms with Crippen LogP contribution in [-0.2, 0) is 5.75 Å². The van der Waals surface area contributed by atoms with Crippen molar-refractivity contribution in [1.29, 1.82) is 0 Å². The van der Waals surface area contributed by atoms with Crippen LogP contribution in [0.5, 0.6) is 0 Å². The van der Waals surface area contributed by atoms with Gasteiger partial charge in [-0.15, -0.1) is 11.8 Å². The first kappa shape index (κ1) is 13.2. The largest absolute Gasteiger partial charge is 0.389 e. The zero-order valence-electron chi connectivity index (χ0n) is 10.8. The average molecular weight is 258 g/mol. The van der Waals surface area contributed by atoms with Crippen LogP contribution in [0, 0.1) is 6.92 Å². The zero-order valence-corrected chi connectivity index (χ0v) is 11.6. The third kappa shape index (κ3) is 3.37. The second-order valence-corrected chi connectivity index (χ2v) is 5.51. The first-order chi connectivity index (χ1) is 8.66. The monoisotopic (exact) mass is 258 g/mol. The molecular formula is C16H18OS. The smallest absolute Gasteiger partial charge is 0.0772 e. The van der Waals surface area contributed by atoms with E-state index in [0.717, 1.165) is 16.2 Å². The Morgan fingerprint density at radius 2 is 1.89 bits per heavy atom. The van der Waals surface area contributed by atoms with Gasteiger partial charge in [0, 0.05) is 10.6 Å². The molecule has 0 saturated heterocycles. The molecule has 0 saturated carbocycles. The molecule has 1 N–H and O–H groups in total. The molecule has 1 nitrogen and oxygen atoms in total. The Kier molecular flexibility index (Phi) is 4.45. The van der Waals surface area contributed by atoms with Crippen LogP contribution in [0.25, 0.3) is 0 Å². The Morgan fingerprint density at radius 3 is 2.61 bits per heavy atom. The summed E-state index contributed by atoms with van der Waals surface area (Å²) in [4.78, 5) is 1.16. The van der Waals surface area contributed by atoms with E-state index in [0.29, 0.717) is 0 Å². The fourth-order valence-electron chi connectivity index (χ4n) is 1.92. The maximum atomic E-state index is 9.73. The number of thioether (sulfide) groups is 1. The normalized spacial score (nSPS) is 12.4. The highest BCUT2D eigenvalue weighted by atomic mass is 32.2. The van der Waals surface area contributed by atoms with E-state index >= 15 is 0 Å². The van der Waals surface area contributed by atoms with Gasteiger partial charge in [0.1, 0.15) is 0 Å². The SMILES string of the molecule is Cc1cccc(CSc2ccccc2C(C)O)c1. The first-order valence-electron chi connectivity index (χ1n) is 6.12. The van der Waals surface area contributed by atoms with E-state index in [4.69, 9.17) is 0 Å². The van der Waals surface area contributed by atoms with Gasteiger partial charge in [-0.25, -0.2) is 0 Å². The minimum Gasteiger partial charge on any atom is -0.389 e. The van der Waals surface area contributed by atoms with Gasteiger partial charge in [-0.05, 0) is 31.0 Å². The van der Waals surface area contributed by atoms with Crippen molar-refractivity contribution in [2.45, 2.75) is 30.6 Å². The maximum absolute atomic E-state index is 9.73. The van der Waals surface area contributed by atoms with Crippen molar-refractivity contribution >= 4 is 11.8 Å². The van der Waals surface area contributed by atoms with Crippen molar-refractivity contribution in [1.82, 2.24) is 0 Å².